The first-order valence-electron chi connectivity index (χ1n) is 6.11. The van der Waals surface area contributed by atoms with Gasteiger partial charge in [-0.15, -0.1) is 12.6 Å². The number of thiol groups is 1. The fraction of sp³-hybridized carbons (Fsp3) is 0.357. The van der Waals surface area contributed by atoms with Gasteiger partial charge in [-0.05, 0) is 43.9 Å². The molecule has 96 valence electrons. The van der Waals surface area contributed by atoms with Crippen LogP contribution in [0.4, 0.5) is 0 Å². The quantitative estimate of drug-likeness (QED) is 0.637. The van der Waals surface area contributed by atoms with Crippen molar-refractivity contribution in [2.45, 2.75) is 30.6 Å². The van der Waals surface area contributed by atoms with E-state index >= 15 is 0 Å². The van der Waals surface area contributed by atoms with E-state index in [1.54, 1.807) is 18.2 Å². The normalized spacial score (nSPS) is 14.4. The molecule has 4 heteroatoms. The summed E-state index contributed by atoms with van der Waals surface area (Å²) in [6, 6.07) is 5.15. The predicted molar refractivity (Wildman–Crippen MR) is 77.6 cm³/mol. The molecule has 1 aliphatic rings. The highest BCUT2D eigenvalue weighted by Crippen LogP contribution is 2.21. The summed E-state index contributed by atoms with van der Waals surface area (Å²) in [5.41, 5.74) is 1.94. The van der Waals surface area contributed by atoms with E-state index in [0.717, 1.165) is 11.3 Å². The van der Waals surface area contributed by atoms with E-state index in [2.05, 4.69) is 24.0 Å². The highest BCUT2D eigenvalue weighted by Gasteiger charge is 2.11. The maximum absolute atomic E-state index is 11.9. The average molecular weight is 282 g/mol. The number of carbonyl (C=O) groups excluding carboxylic acids is 1. The maximum atomic E-state index is 11.9. The van der Waals surface area contributed by atoms with Crippen LogP contribution in [0.2, 0.25) is 5.02 Å². The van der Waals surface area contributed by atoms with E-state index in [1.807, 2.05) is 0 Å². The first kappa shape index (κ1) is 13.5. The molecule has 0 spiro atoms. The molecule has 18 heavy (non-hydrogen) atoms. The smallest absolute Gasteiger partial charge is 0.252 e. The molecule has 0 saturated carbocycles. The Labute approximate surface area is 118 Å². The molecule has 1 amide bonds. The molecule has 1 aromatic rings. The van der Waals surface area contributed by atoms with Crippen molar-refractivity contribution in [1.82, 2.24) is 5.32 Å². The fourth-order valence-electron chi connectivity index (χ4n) is 2.08. The highest BCUT2D eigenvalue weighted by molar-refractivity contribution is 7.80. The molecule has 0 radical (unpaired) electrons. The zero-order chi connectivity index (χ0) is 13.0. The minimum atomic E-state index is -0.130. The van der Waals surface area contributed by atoms with E-state index in [9.17, 15) is 4.79 Å². The topological polar surface area (TPSA) is 29.1 Å². The molecule has 2 nitrogen and oxygen atoms in total. The molecule has 2 rings (SSSR count). The Morgan fingerprint density at radius 2 is 2.28 bits per heavy atom. The lowest BCUT2D eigenvalue weighted by Crippen LogP contribution is -2.25. The number of hydrogen-bond acceptors (Lipinski definition) is 2. The lowest BCUT2D eigenvalue weighted by molar-refractivity contribution is 0.0954. The zero-order valence-electron chi connectivity index (χ0n) is 10.1. The minimum absolute atomic E-state index is 0.130. The minimum Gasteiger partial charge on any atom is -0.352 e. The summed E-state index contributed by atoms with van der Waals surface area (Å²) in [5.74, 6) is -0.130. The second kappa shape index (κ2) is 6.30. The van der Waals surface area contributed by atoms with Crippen molar-refractivity contribution in [3.63, 3.8) is 0 Å². The van der Waals surface area contributed by atoms with Crippen molar-refractivity contribution in [3.8, 4) is 0 Å². The predicted octanol–water partition coefficient (Wildman–Crippen LogP) is 3.86. The first-order chi connectivity index (χ1) is 8.66. The third kappa shape index (κ3) is 3.53. The summed E-state index contributed by atoms with van der Waals surface area (Å²) in [6.07, 6.45) is 6.80. The molecule has 0 aliphatic heterocycles. The van der Waals surface area contributed by atoms with Crippen LogP contribution in [-0.4, -0.2) is 12.5 Å². The van der Waals surface area contributed by atoms with Crippen molar-refractivity contribution in [2.24, 2.45) is 0 Å². The third-order valence-corrected chi connectivity index (χ3v) is 3.67. The van der Waals surface area contributed by atoms with Crippen LogP contribution in [0.5, 0.6) is 0 Å². The van der Waals surface area contributed by atoms with Crippen molar-refractivity contribution in [3.05, 3.63) is 40.4 Å². The van der Waals surface area contributed by atoms with Crippen molar-refractivity contribution in [1.29, 1.82) is 0 Å². The largest absolute Gasteiger partial charge is 0.352 e. The summed E-state index contributed by atoms with van der Waals surface area (Å²) in [5, 5.41) is 3.36. The van der Waals surface area contributed by atoms with Gasteiger partial charge < -0.3 is 5.32 Å². The molecule has 0 bridgehead atoms. The molecule has 1 N–H and O–H groups in total. The standard InChI is InChI=1S/C14H16ClNOS/c15-13-6-5-11(18)9-12(13)14(17)16-8-7-10-3-1-2-4-10/h3,5-6,9,18H,1-2,4,7-8H2,(H,16,17). The van der Waals surface area contributed by atoms with Gasteiger partial charge in [0, 0.05) is 11.4 Å². The van der Waals surface area contributed by atoms with E-state index in [0.29, 0.717) is 17.1 Å². The van der Waals surface area contributed by atoms with Crippen LogP contribution in [0, 0.1) is 0 Å². The van der Waals surface area contributed by atoms with Crippen molar-refractivity contribution < 1.29 is 4.79 Å². The van der Waals surface area contributed by atoms with E-state index in [-0.39, 0.29) is 5.91 Å². The van der Waals surface area contributed by atoms with Crippen LogP contribution in [0.3, 0.4) is 0 Å². The Hall–Kier alpha value is -0.930. The Morgan fingerprint density at radius 3 is 3.00 bits per heavy atom. The lowest BCUT2D eigenvalue weighted by atomic mass is 10.1. The second-order valence-corrected chi connectivity index (χ2v) is 5.35. The van der Waals surface area contributed by atoms with E-state index < -0.39 is 0 Å². The number of benzene rings is 1. The number of rotatable bonds is 4. The Bertz CT molecular complexity index is 485. The monoisotopic (exact) mass is 281 g/mol. The Kier molecular flexibility index (Phi) is 4.72. The van der Waals surface area contributed by atoms with Gasteiger partial charge in [0.15, 0.2) is 0 Å². The molecule has 0 heterocycles. The molecular formula is C14H16ClNOS. The van der Waals surface area contributed by atoms with Crippen LogP contribution in [0.15, 0.2) is 34.7 Å². The molecular weight excluding hydrogens is 266 g/mol. The van der Waals surface area contributed by atoms with Crippen LogP contribution in [0.25, 0.3) is 0 Å². The number of hydrogen-bond donors (Lipinski definition) is 2. The maximum Gasteiger partial charge on any atom is 0.252 e. The van der Waals surface area contributed by atoms with Gasteiger partial charge in [-0.2, -0.15) is 0 Å². The zero-order valence-corrected chi connectivity index (χ0v) is 11.7. The third-order valence-electron chi connectivity index (χ3n) is 3.06. The van der Waals surface area contributed by atoms with Gasteiger partial charge in [-0.1, -0.05) is 23.3 Å². The summed E-state index contributed by atoms with van der Waals surface area (Å²) < 4.78 is 0. The second-order valence-electron chi connectivity index (χ2n) is 4.42. The van der Waals surface area contributed by atoms with Gasteiger partial charge >= 0.3 is 0 Å². The van der Waals surface area contributed by atoms with Crippen LogP contribution in [-0.2, 0) is 0 Å². The number of halogens is 1. The first-order valence-corrected chi connectivity index (χ1v) is 6.94. The van der Waals surface area contributed by atoms with Crippen LogP contribution < -0.4 is 5.32 Å². The van der Waals surface area contributed by atoms with E-state index in [1.165, 1.54) is 24.8 Å². The molecule has 0 unspecified atom stereocenters. The Balaban J connectivity index is 1.89. The highest BCUT2D eigenvalue weighted by atomic mass is 35.5. The summed E-state index contributed by atoms with van der Waals surface area (Å²) in [4.78, 5) is 12.7. The van der Waals surface area contributed by atoms with Gasteiger partial charge in [0.1, 0.15) is 0 Å². The van der Waals surface area contributed by atoms with Gasteiger partial charge in [0.25, 0.3) is 5.91 Å². The molecule has 0 aromatic heterocycles. The number of nitrogens with one attached hydrogen (secondary N) is 1. The molecule has 0 fully saturated rings. The van der Waals surface area contributed by atoms with Gasteiger partial charge in [0.2, 0.25) is 0 Å². The van der Waals surface area contributed by atoms with Gasteiger partial charge in [0.05, 0.1) is 10.6 Å². The van der Waals surface area contributed by atoms with Crippen LogP contribution in [0.1, 0.15) is 36.0 Å². The number of carbonyl (C=O) groups is 1. The van der Waals surface area contributed by atoms with Crippen LogP contribution >= 0.6 is 24.2 Å². The molecule has 1 aromatic carbocycles. The summed E-state index contributed by atoms with van der Waals surface area (Å²) in [6.45, 7) is 0.664. The Morgan fingerprint density at radius 1 is 1.44 bits per heavy atom. The number of amides is 1. The molecule has 1 aliphatic carbocycles. The molecule has 0 atom stereocenters. The average Bonchev–Trinajstić information content (AvgIpc) is 2.85. The lowest BCUT2D eigenvalue weighted by Gasteiger charge is -2.07. The SMILES string of the molecule is O=C(NCCC1=CCCC1)c1cc(S)ccc1Cl. The van der Waals surface area contributed by atoms with Crippen molar-refractivity contribution >= 4 is 30.1 Å². The summed E-state index contributed by atoms with van der Waals surface area (Å²) >= 11 is 10.2. The van der Waals surface area contributed by atoms with Gasteiger partial charge in [-0.3, -0.25) is 4.79 Å². The fourth-order valence-corrected chi connectivity index (χ4v) is 2.49. The molecule has 0 saturated heterocycles. The van der Waals surface area contributed by atoms with Gasteiger partial charge in [-0.25, -0.2) is 0 Å². The summed E-state index contributed by atoms with van der Waals surface area (Å²) in [7, 11) is 0. The van der Waals surface area contributed by atoms with E-state index in [4.69, 9.17) is 11.6 Å². The number of allylic oxidation sites excluding steroid dienone is 1. The van der Waals surface area contributed by atoms with Crippen molar-refractivity contribution in [2.75, 3.05) is 6.54 Å².